The molecule has 1 aliphatic carbocycles. The van der Waals surface area contributed by atoms with Gasteiger partial charge in [0.2, 0.25) is 0 Å². The average molecular weight is 468 g/mol. The number of aromatic amines is 1. The van der Waals surface area contributed by atoms with Crippen molar-refractivity contribution in [2.75, 3.05) is 20.6 Å². The molecule has 0 bridgehead atoms. The molecule has 34 heavy (non-hydrogen) atoms. The number of benzene rings is 1. The van der Waals surface area contributed by atoms with Gasteiger partial charge in [-0.15, -0.1) is 0 Å². The molecule has 3 aliphatic rings. The number of rotatable bonds is 4. The number of hydrogen-bond acceptors (Lipinski definition) is 4. The molecule has 1 amide bonds. The molecule has 6 nitrogen and oxygen atoms in total. The van der Waals surface area contributed by atoms with Crippen molar-refractivity contribution in [3.05, 3.63) is 61.3 Å². The number of aromatic nitrogens is 1. The van der Waals surface area contributed by atoms with Crippen LogP contribution in [-0.4, -0.2) is 53.0 Å². The Kier molecular flexibility index (Phi) is 5.39. The van der Waals surface area contributed by atoms with Crippen LogP contribution in [0.1, 0.15) is 63.6 Å². The van der Waals surface area contributed by atoms with Crippen molar-refractivity contribution in [2.45, 2.75) is 71.6 Å². The number of amides is 1. The van der Waals surface area contributed by atoms with E-state index < -0.39 is 5.60 Å². The number of nitrogens with zero attached hydrogens (tertiary/aromatic N) is 2. The highest BCUT2D eigenvalue weighted by molar-refractivity contribution is 5.99. The molecule has 5 rings (SSSR count). The predicted molar refractivity (Wildman–Crippen MR) is 129 cm³/mol. The van der Waals surface area contributed by atoms with Gasteiger partial charge < -0.3 is 19.5 Å². The number of halogens is 1. The van der Waals surface area contributed by atoms with Crippen LogP contribution >= 0.6 is 0 Å². The lowest BCUT2D eigenvalue weighted by Gasteiger charge is -2.47. The third-order valence-corrected chi connectivity index (χ3v) is 8.37. The maximum absolute atomic E-state index is 15.8. The summed E-state index contributed by atoms with van der Waals surface area (Å²) in [5.74, 6) is 0.409. The average Bonchev–Trinajstić information content (AvgIpc) is 3.07. The maximum atomic E-state index is 15.8. The Morgan fingerprint density at radius 2 is 1.91 bits per heavy atom. The summed E-state index contributed by atoms with van der Waals surface area (Å²) in [6.07, 6.45) is 3.06. The van der Waals surface area contributed by atoms with Crippen LogP contribution in [0.5, 0.6) is 5.75 Å². The standard InChI is InChI=1S/C27H34FN3O3/c1-14-9-15(2)29-25(32)21(14)13-31-8-7-19-22(26(31)33)16(3)24-20(23(19)28)12-27(4,34-24)17-10-18(11-17)30(5)6/h9,17-18H,7-8,10-13H2,1-6H3,(H,29,32). The van der Waals surface area contributed by atoms with Gasteiger partial charge in [0.1, 0.15) is 17.2 Å². The lowest BCUT2D eigenvalue weighted by Crippen LogP contribution is -2.52. The summed E-state index contributed by atoms with van der Waals surface area (Å²) >= 11 is 0. The summed E-state index contributed by atoms with van der Waals surface area (Å²) in [5, 5.41) is 0. The van der Waals surface area contributed by atoms with Gasteiger partial charge in [-0.2, -0.15) is 0 Å². The molecule has 2 aliphatic heterocycles. The Hall–Kier alpha value is -2.67. The number of carbonyl (C=O) groups is 1. The molecular formula is C27H34FN3O3. The molecular weight excluding hydrogens is 433 g/mol. The number of pyridine rings is 1. The largest absolute Gasteiger partial charge is 0.486 e. The molecule has 2 aromatic rings. The molecule has 1 aromatic heterocycles. The van der Waals surface area contributed by atoms with E-state index in [1.807, 2.05) is 26.8 Å². The second kappa shape index (κ2) is 7.94. The van der Waals surface area contributed by atoms with Crippen molar-refractivity contribution in [2.24, 2.45) is 5.92 Å². The third kappa shape index (κ3) is 3.47. The van der Waals surface area contributed by atoms with E-state index >= 15 is 4.39 Å². The van der Waals surface area contributed by atoms with Crippen LogP contribution in [0.2, 0.25) is 0 Å². The Morgan fingerprint density at radius 3 is 2.56 bits per heavy atom. The van der Waals surface area contributed by atoms with E-state index in [0.717, 1.165) is 29.7 Å². The van der Waals surface area contributed by atoms with Crippen LogP contribution in [0.4, 0.5) is 4.39 Å². The van der Waals surface area contributed by atoms with Crippen LogP contribution in [0, 0.1) is 32.5 Å². The molecule has 1 fully saturated rings. The van der Waals surface area contributed by atoms with Gasteiger partial charge >= 0.3 is 0 Å². The summed E-state index contributed by atoms with van der Waals surface area (Å²) in [7, 11) is 4.18. The first-order chi connectivity index (χ1) is 16.0. The third-order valence-electron chi connectivity index (χ3n) is 8.37. The predicted octanol–water partition coefficient (Wildman–Crippen LogP) is 3.67. The highest BCUT2D eigenvalue weighted by Gasteiger charge is 2.50. The van der Waals surface area contributed by atoms with Gasteiger partial charge in [-0.3, -0.25) is 9.59 Å². The molecule has 0 saturated heterocycles. The van der Waals surface area contributed by atoms with Gasteiger partial charge in [0.05, 0.1) is 12.1 Å². The fraction of sp³-hybridized carbons (Fsp3) is 0.556. The van der Waals surface area contributed by atoms with Gasteiger partial charge in [0.25, 0.3) is 11.5 Å². The van der Waals surface area contributed by atoms with Gasteiger partial charge in [-0.25, -0.2) is 4.39 Å². The number of aryl methyl sites for hydroxylation is 2. The van der Waals surface area contributed by atoms with Crippen molar-refractivity contribution in [1.82, 2.24) is 14.8 Å². The van der Waals surface area contributed by atoms with E-state index in [2.05, 4.69) is 30.9 Å². The zero-order valence-corrected chi connectivity index (χ0v) is 21.0. The van der Waals surface area contributed by atoms with Gasteiger partial charge in [0.15, 0.2) is 0 Å². The summed E-state index contributed by atoms with van der Waals surface area (Å²) in [4.78, 5) is 32.8. The summed E-state index contributed by atoms with van der Waals surface area (Å²) < 4.78 is 22.2. The van der Waals surface area contributed by atoms with Gasteiger partial charge in [0, 0.05) is 52.9 Å². The number of H-pyrrole nitrogens is 1. The minimum atomic E-state index is -0.445. The van der Waals surface area contributed by atoms with E-state index in [1.54, 1.807) is 4.90 Å². The Labute approximate surface area is 200 Å². The minimum Gasteiger partial charge on any atom is -0.486 e. The molecule has 3 heterocycles. The van der Waals surface area contributed by atoms with Crippen molar-refractivity contribution in [3.63, 3.8) is 0 Å². The van der Waals surface area contributed by atoms with Crippen molar-refractivity contribution >= 4 is 5.91 Å². The SMILES string of the molecule is Cc1cc(C)c(CN2CCc3c(F)c4c(c(C)c3C2=O)OC(C)(C2CC(N(C)C)C2)C4)c(=O)[nH]1. The van der Waals surface area contributed by atoms with Crippen molar-refractivity contribution < 1.29 is 13.9 Å². The summed E-state index contributed by atoms with van der Waals surface area (Å²) in [6, 6.07) is 2.45. The number of carbonyl (C=O) groups excluding carboxylic acids is 1. The lowest BCUT2D eigenvalue weighted by molar-refractivity contribution is -0.0305. The van der Waals surface area contributed by atoms with E-state index in [1.165, 1.54) is 0 Å². The van der Waals surface area contributed by atoms with Crippen LogP contribution in [0.15, 0.2) is 10.9 Å². The number of ether oxygens (including phenoxy) is 1. The normalized spacial score (nSPS) is 25.8. The van der Waals surface area contributed by atoms with E-state index in [9.17, 15) is 9.59 Å². The molecule has 7 heteroatoms. The lowest BCUT2D eigenvalue weighted by atomic mass is 9.68. The van der Waals surface area contributed by atoms with E-state index in [-0.39, 0.29) is 23.8 Å². The fourth-order valence-corrected chi connectivity index (χ4v) is 6.06. The molecule has 1 atom stereocenters. The van der Waals surface area contributed by atoms with Crippen LogP contribution in [-0.2, 0) is 19.4 Å². The number of hydrogen-bond donors (Lipinski definition) is 1. The Bertz CT molecular complexity index is 1240. The smallest absolute Gasteiger partial charge is 0.254 e. The topological polar surface area (TPSA) is 65.6 Å². The molecule has 182 valence electrons. The zero-order chi connectivity index (χ0) is 24.5. The second-order valence-electron chi connectivity index (χ2n) is 10.9. The molecule has 1 N–H and O–H groups in total. The molecule has 1 aromatic carbocycles. The fourth-order valence-electron chi connectivity index (χ4n) is 6.06. The highest BCUT2D eigenvalue weighted by Crippen LogP contribution is 2.50. The van der Waals surface area contributed by atoms with Crippen LogP contribution < -0.4 is 10.3 Å². The van der Waals surface area contributed by atoms with E-state index in [4.69, 9.17) is 4.74 Å². The second-order valence-corrected chi connectivity index (χ2v) is 10.9. The maximum Gasteiger partial charge on any atom is 0.254 e. The Morgan fingerprint density at radius 1 is 1.21 bits per heavy atom. The zero-order valence-electron chi connectivity index (χ0n) is 21.0. The first-order valence-electron chi connectivity index (χ1n) is 12.2. The first-order valence-corrected chi connectivity index (χ1v) is 12.2. The summed E-state index contributed by atoms with van der Waals surface area (Å²) in [6.45, 7) is 8.28. The quantitative estimate of drug-likeness (QED) is 0.745. The van der Waals surface area contributed by atoms with Gasteiger partial charge in [-0.1, -0.05) is 0 Å². The van der Waals surface area contributed by atoms with Crippen molar-refractivity contribution in [3.8, 4) is 5.75 Å². The highest BCUT2D eigenvalue weighted by atomic mass is 19.1. The minimum absolute atomic E-state index is 0.177. The van der Waals surface area contributed by atoms with Crippen LogP contribution in [0.3, 0.4) is 0 Å². The molecule has 0 radical (unpaired) electrons. The van der Waals surface area contributed by atoms with Gasteiger partial charge in [-0.05, 0) is 72.7 Å². The number of nitrogens with one attached hydrogen (secondary N) is 1. The summed E-state index contributed by atoms with van der Waals surface area (Å²) in [5.41, 5.74) is 3.86. The molecule has 1 saturated carbocycles. The Balaban J connectivity index is 1.45. The first kappa shape index (κ1) is 23.1. The monoisotopic (exact) mass is 467 g/mol. The van der Waals surface area contributed by atoms with Crippen LogP contribution in [0.25, 0.3) is 0 Å². The number of fused-ring (bicyclic) bond motifs is 2. The molecule has 0 spiro atoms. The van der Waals surface area contributed by atoms with Crippen molar-refractivity contribution in [1.29, 1.82) is 0 Å². The molecule has 1 unspecified atom stereocenters. The van der Waals surface area contributed by atoms with E-state index in [0.29, 0.717) is 59.3 Å².